The highest BCUT2D eigenvalue weighted by atomic mass is 79.9. The summed E-state index contributed by atoms with van der Waals surface area (Å²) in [4.78, 5) is 1.26. The second kappa shape index (κ2) is 4.72. The van der Waals surface area contributed by atoms with Crippen LogP contribution in [0.1, 0.15) is 10.6 Å². The summed E-state index contributed by atoms with van der Waals surface area (Å²) in [6, 6.07) is 6.04. The molecule has 0 N–H and O–H groups in total. The maximum Gasteiger partial charge on any atom is 0.166 e. The lowest BCUT2D eigenvalue weighted by Gasteiger charge is -2.10. The van der Waals surface area contributed by atoms with Crippen LogP contribution in [0.2, 0.25) is 0 Å². The van der Waals surface area contributed by atoms with Gasteiger partial charge in [0.15, 0.2) is 3.95 Å². The average Bonchev–Trinajstić information content (AvgIpc) is 2.44. The number of aryl methyl sites for hydroxylation is 1. The van der Waals surface area contributed by atoms with E-state index in [0.717, 1.165) is 18.6 Å². The van der Waals surface area contributed by atoms with Crippen molar-refractivity contribution in [3.8, 4) is 5.69 Å². The Balaban J connectivity index is 2.82. The number of rotatable bonds is 1. The quantitative estimate of drug-likeness (QED) is 0.600. The fourth-order valence-corrected chi connectivity index (χ4v) is 4.28. The molecule has 0 saturated heterocycles. The van der Waals surface area contributed by atoms with Crippen molar-refractivity contribution in [1.29, 1.82) is 0 Å². The first-order valence-electron chi connectivity index (χ1n) is 4.66. The van der Waals surface area contributed by atoms with E-state index in [9.17, 15) is 0 Å². The molecule has 16 heavy (non-hydrogen) atoms. The Hall–Kier alpha value is 0.0300. The minimum absolute atomic E-state index is 0.877. The van der Waals surface area contributed by atoms with Gasteiger partial charge in [-0.15, -0.1) is 11.3 Å². The molecule has 84 valence electrons. The predicted octanol–water partition coefficient (Wildman–Crippen LogP) is 5.41. The van der Waals surface area contributed by atoms with E-state index >= 15 is 0 Å². The SMILES string of the molecule is Cc1sc(=S)n(-c2c(Br)cccc2Br)c1C. The second-order valence-electron chi connectivity index (χ2n) is 3.42. The van der Waals surface area contributed by atoms with Gasteiger partial charge in [-0.2, -0.15) is 0 Å². The smallest absolute Gasteiger partial charge is 0.166 e. The number of benzene rings is 1. The van der Waals surface area contributed by atoms with Gasteiger partial charge in [-0.1, -0.05) is 6.07 Å². The molecule has 0 saturated carbocycles. The van der Waals surface area contributed by atoms with Crippen molar-refractivity contribution in [1.82, 2.24) is 4.57 Å². The van der Waals surface area contributed by atoms with Crippen LogP contribution in [0.5, 0.6) is 0 Å². The third kappa shape index (κ3) is 2.06. The highest BCUT2D eigenvalue weighted by Crippen LogP contribution is 2.32. The van der Waals surface area contributed by atoms with Gasteiger partial charge >= 0.3 is 0 Å². The maximum atomic E-state index is 5.40. The van der Waals surface area contributed by atoms with Crippen molar-refractivity contribution in [3.63, 3.8) is 0 Å². The largest absolute Gasteiger partial charge is 0.294 e. The minimum Gasteiger partial charge on any atom is -0.294 e. The van der Waals surface area contributed by atoms with Crippen LogP contribution in [0.25, 0.3) is 5.69 Å². The standard InChI is InChI=1S/C11H9Br2NS2/c1-6-7(2)16-11(15)14(6)10-8(12)4-3-5-9(10)13/h3-5H,1-2H3. The normalized spacial score (nSPS) is 10.8. The Bertz CT molecular complexity index is 578. The zero-order chi connectivity index (χ0) is 11.9. The highest BCUT2D eigenvalue weighted by Gasteiger charge is 2.12. The first-order valence-corrected chi connectivity index (χ1v) is 7.47. The van der Waals surface area contributed by atoms with Crippen LogP contribution >= 0.6 is 55.4 Å². The summed E-state index contributed by atoms with van der Waals surface area (Å²) in [5, 5.41) is 0. The topological polar surface area (TPSA) is 4.93 Å². The highest BCUT2D eigenvalue weighted by molar-refractivity contribution is 9.11. The Morgan fingerprint density at radius 1 is 1.19 bits per heavy atom. The van der Waals surface area contributed by atoms with E-state index in [2.05, 4.69) is 50.3 Å². The summed E-state index contributed by atoms with van der Waals surface area (Å²) in [5.41, 5.74) is 2.27. The number of halogens is 2. The molecule has 0 atom stereocenters. The van der Waals surface area contributed by atoms with E-state index in [1.54, 1.807) is 11.3 Å². The van der Waals surface area contributed by atoms with Gasteiger partial charge in [0.25, 0.3) is 0 Å². The summed E-state index contributed by atoms with van der Waals surface area (Å²) in [6.07, 6.45) is 0. The van der Waals surface area contributed by atoms with Gasteiger partial charge in [0.1, 0.15) is 0 Å². The molecule has 0 radical (unpaired) electrons. The molecule has 1 aromatic carbocycles. The van der Waals surface area contributed by atoms with E-state index in [1.165, 1.54) is 10.6 Å². The molecule has 5 heteroatoms. The van der Waals surface area contributed by atoms with E-state index in [1.807, 2.05) is 18.2 Å². The van der Waals surface area contributed by atoms with Gasteiger partial charge in [0.2, 0.25) is 0 Å². The van der Waals surface area contributed by atoms with Crippen LogP contribution in [0.4, 0.5) is 0 Å². The van der Waals surface area contributed by atoms with Crippen molar-refractivity contribution in [2.75, 3.05) is 0 Å². The van der Waals surface area contributed by atoms with Gasteiger partial charge in [-0.05, 0) is 70.1 Å². The van der Waals surface area contributed by atoms with Crippen molar-refractivity contribution in [2.45, 2.75) is 13.8 Å². The summed E-state index contributed by atoms with van der Waals surface area (Å²) in [7, 11) is 0. The van der Waals surface area contributed by atoms with Crippen LogP contribution in [-0.2, 0) is 0 Å². The zero-order valence-electron chi connectivity index (χ0n) is 8.75. The van der Waals surface area contributed by atoms with Gasteiger partial charge in [0.05, 0.1) is 5.69 Å². The molecule has 2 rings (SSSR count). The summed E-state index contributed by atoms with van der Waals surface area (Å²) < 4.78 is 5.06. The van der Waals surface area contributed by atoms with Crippen molar-refractivity contribution < 1.29 is 0 Å². The van der Waals surface area contributed by atoms with E-state index in [0.29, 0.717) is 0 Å². The lowest BCUT2D eigenvalue weighted by molar-refractivity contribution is 0.982. The van der Waals surface area contributed by atoms with E-state index in [-0.39, 0.29) is 0 Å². The summed E-state index contributed by atoms with van der Waals surface area (Å²) >= 11 is 14.2. The fraction of sp³-hybridized carbons (Fsp3) is 0.182. The number of para-hydroxylation sites is 1. The third-order valence-corrected chi connectivity index (χ3v) is 5.10. The van der Waals surface area contributed by atoms with E-state index in [4.69, 9.17) is 12.2 Å². The first-order chi connectivity index (χ1) is 7.52. The molecule has 1 heterocycles. The van der Waals surface area contributed by atoms with E-state index < -0.39 is 0 Å². The number of hydrogen-bond acceptors (Lipinski definition) is 2. The maximum absolute atomic E-state index is 5.40. The van der Waals surface area contributed by atoms with Crippen molar-refractivity contribution in [3.05, 3.63) is 41.7 Å². The molecular formula is C11H9Br2NS2. The molecule has 0 fully saturated rings. The van der Waals surface area contributed by atoms with Gasteiger partial charge in [-0.3, -0.25) is 4.57 Å². The predicted molar refractivity (Wildman–Crippen MR) is 79.4 cm³/mol. The number of hydrogen-bond donors (Lipinski definition) is 0. The third-order valence-electron chi connectivity index (χ3n) is 2.43. The van der Waals surface area contributed by atoms with Crippen LogP contribution in [0, 0.1) is 17.8 Å². The summed E-state index contributed by atoms with van der Waals surface area (Å²) in [6.45, 7) is 4.19. The Labute approximate surface area is 120 Å². The molecule has 1 nitrogen and oxygen atoms in total. The molecule has 0 spiro atoms. The molecule has 0 amide bonds. The monoisotopic (exact) mass is 377 g/mol. The van der Waals surface area contributed by atoms with Crippen molar-refractivity contribution in [2.24, 2.45) is 0 Å². The number of thiazole rings is 1. The first kappa shape index (κ1) is 12.5. The second-order valence-corrected chi connectivity index (χ2v) is 6.97. The minimum atomic E-state index is 0.877. The average molecular weight is 379 g/mol. The fourth-order valence-electron chi connectivity index (χ4n) is 1.51. The van der Waals surface area contributed by atoms with Gasteiger partial charge in [-0.25, -0.2) is 0 Å². The molecule has 1 aromatic heterocycles. The van der Waals surface area contributed by atoms with Gasteiger partial charge < -0.3 is 0 Å². The lowest BCUT2D eigenvalue weighted by Crippen LogP contribution is -1.99. The van der Waals surface area contributed by atoms with Crippen LogP contribution in [0.3, 0.4) is 0 Å². The Morgan fingerprint density at radius 3 is 2.19 bits per heavy atom. The molecular weight excluding hydrogens is 370 g/mol. The van der Waals surface area contributed by atoms with Crippen molar-refractivity contribution >= 4 is 55.4 Å². The number of aromatic nitrogens is 1. The van der Waals surface area contributed by atoms with Crippen LogP contribution < -0.4 is 0 Å². The molecule has 0 aliphatic carbocycles. The molecule has 0 aliphatic heterocycles. The van der Waals surface area contributed by atoms with Gasteiger partial charge in [0, 0.05) is 19.5 Å². The van der Waals surface area contributed by atoms with Crippen LogP contribution in [0.15, 0.2) is 27.1 Å². The molecule has 0 unspecified atom stereocenters. The molecule has 2 aromatic rings. The summed E-state index contributed by atoms with van der Waals surface area (Å²) in [5.74, 6) is 0. The lowest BCUT2D eigenvalue weighted by atomic mass is 10.3. The molecule has 0 bridgehead atoms. The Morgan fingerprint density at radius 2 is 1.75 bits per heavy atom. The Kier molecular flexibility index (Phi) is 3.69. The van der Waals surface area contributed by atoms with Crippen LogP contribution in [-0.4, -0.2) is 4.57 Å². The number of nitrogens with zero attached hydrogens (tertiary/aromatic N) is 1. The molecule has 0 aliphatic rings. The zero-order valence-corrected chi connectivity index (χ0v) is 13.6.